The number of carbonyl (C=O) groups is 4. The Morgan fingerprint density at radius 3 is 1.18 bits per heavy atom. The van der Waals surface area contributed by atoms with Crippen LogP contribution in [0.3, 0.4) is 0 Å². The quantitative estimate of drug-likeness (QED) is 0.0228. The van der Waals surface area contributed by atoms with Crippen molar-refractivity contribution in [2.75, 3.05) is 13.2 Å². The molecule has 0 aliphatic carbocycles. The molecule has 1 saturated heterocycles. The van der Waals surface area contributed by atoms with Gasteiger partial charge in [0.15, 0.2) is 24.6 Å². The summed E-state index contributed by atoms with van der Waals surface area (Å²) in [7, 11) is 0. The van der Waals surface area contributed by atoms with E-state index in [1.807, 2.05) is 18.2 Å². The Hall–Kier alpha value is -4.62. The van der Waals surface area contributed by atoms with Crippen molar-refractivity contribution < 1.29 is 58.2 Å². The highest BCUT2D eigenvalue weighted by atomic mass is 16.7. The molecule has 1 aliphatic heterocycles. The first-order valence-corrected chi connectivity index (χ1v) is 33.9. The molecule has 0 bridgehead atoms. The van der Waals surface area contributed by atoms with Crippen LogP contribution in [0.1, 0.15) is 278 Å². The number of carboxylic acid groups (broad SMARTS) is 1. The number of carbonyl (C=O) groups excluding carboxylic acids is 3. The van der Waals surface area contributed by atoms with Gasteiger partial charge < -0.3 is 39.0 Å². The topological polar surface area (TPSA) is 175 Å². The number of hydrogen-bond donors (Lipinski definition) is 3. The number of ether oxygens (including phenoxy) is 5. The zero-order valence-corrected chi connectivity index (χ0v) is 53.6. The molecular weight excluding hydrogens is 1070 g/mol. The zero-order chi connectivity index (χ0) is 61.7. The maximum atomic E-state index is 13.2. The van der Waals surface area contributed by atoms with Crippen molar-refractivity contribution in [1.82, 2.24) is 0 Å². The summed E-state index contributed by atoms with van der Waals surface area (Å²) in [6, 6.07) is 0. The van der Waals surface area contributed by atoms with Crippen LogP contribution in [0.2, 0.25) is 0 Å². The maximum Gasteiger partial charge on any atom is 0.335 e. The molecule has 12 nitrogen and oxygen atoms in total. The number of aliphatic carboxylic acids is 1. The molecule has 0 aromatic rings. The molecule has 6 unspecified atom stereocenters. The Labute approximate surface area is 516 Å². The Balaban J connectivity index is 2.69. The fourth-order valence-electron chi connectivity index (χ4n) is 9.76. The minimum Gasteiger partial charge on any atom is -0.479 e. The monoisotopic (exact) mass is 1190 g/mol. The average Bonchev–Trinajstić information content (AvgIpc) is 2.79. The third-order valence-corrected chi connectivity index (χ3v) is 14.9. The molecule has 1 heterocycles. The van der Waals surface area contributed by atoms with Crippen molar-refractivity contribution in [3.63, 3.8) is 0 Å². The van der Waals surface area contributed by atoms with E-state index in [-0.39, 0.29) is 25.9 Å². The maximum absolute atomic E-state index is 13.2. The van der Waals surface area contributed by atoms with Gasteiger partial charge in [0.2, 0.25) is 0 Å². The van der Waals surface area contributed by atoms with Crippen LogP contribution in [0.5, 0.6) is 0 Å². The number of esters is 3. The summed E-state index contributed by atoms with van der Waals surface area (Å²) < 4.78 is 28.5. The first kappa shape index (κ1) is 78.4. The fourth-order valence-corrected chi connectivity index (χ4v) is 9.76. The molecule has 85 heavy (non-hydrogen) atoms. The molecule has 1 fully saturated rings. The van der Waals surface area contributed by atoms with E-state index in [1.54, 1.807) is 0 Å². The summed E-state index contributed by atoms with van der Waals surface area (Å²) in [6.45, 7) is 5.77. The number of allylic oxidation sites excluding steroid dienone is 18. The Bertz CT molecular complexity index is 1890. The first-order chi connectivity index (χ1) is 41.6. The van der Waals surface area contributed by atoms with Crippen LogP contribution in [0, 0.1) is 0 Å². The Morgan fingerprint density at radius 1 is 0.400 bits per heavy atom. The molecule has 1 aliphatic rings. The molecule has 1 rings (SSSR count). The largest absolute Gasteiger partial charge is 0.479 e. The van der Waals surface area contributed by atoms with Gasteiger partial charge in [0, 0.05) is 19.3 Å². The standard InChI is InChI=1S/C73H120O12/c1-4-7-10-13-16-19-22-25-28-31-33-36-38-41-44-47-50-53-56-59-65(74)81-62-64(83-66(75)60-57-54-51-48-45-42-39-35-30-27-24-21-18-15-12-9-6-3)63-82-73-71(69(78)68(77)70(85-73)72(79)80)84-67(76)61-58-55-52-49-46-43-40-37-34-32-29-26-23-20-17-14-11-8-5-2/h8-9,11-12,17-18,20-21,26-27,29-30,34,37,43,46,52,55,64,68-71,73,77-78H,4-7,10,13-16,19,22-25,28,31-33,35-36,38-42,44-45,47-51,53-54,56-63H2,1-3H3,(H,79,80)/b11-8-,12-9-,20-17-,21-18-,29-26-,30-27-,37-34-,46-43-,55-52-. The molecule has 3 N–H and O–H groups in total. The highest BCUT2D eigenvalue weighted by Gasteiger charge is 2.50. The molecule has 12 heteroatoms. The van der Waals surface area contributed by atoms with Crippen LogP contribution >= 0.6 is 0 Å². The highest BCUT2D eigenvalue weighted by Crippen LogP contribution is 2.26. The Kier molecular flexibility index (Phi) is 55.1. The van der Waals surface area contributed by atoms with Crippen molar-refractivity contribution in [3.05, 3.63) is 109 Å². The van der Waals surface area contributed by atoms with Gasteiger partial charge in [-0.1, -0.05) is 278 Å². The lowest BCUT2D eigenvalue weighted by atomic mass is 9.98. The van der Waals surface area contributed by atoms with E-state index in [0.29, 0.717) is 25.7 Å². The summed E-state index contributed by atoms with van der Waals surface area (Å²) in [6.07, 6.45) is 69.1. The molecular formula is C73H120O12. The van der Waals surface area contributed by atoms with Crippen LogP contribution in [0.25, 0.3) is 0 Å². The molecule has 0 amide bonds. The van der Waals surface area contributed by atoms with Gasteiger partial charge >= 0.3 is 23.9 Å². The van der Waals surface area contributed by atoms with Gasteiger partial charge in [-0.3, -0.25) is 14.4 Å². The molecule has 0 radical (unpaired) electrons. The van der Waals surface area contributed by atoms with Crippen LogP contribution in [-0.2, 0) is 42.9 Å². The normalized spacial score (nSPS) is 18.2. The Morgan fingerprint density at radius 2 is 0.765 bits per heavy atom. The van der Waals surface area contributed by atoms with Crippen molar-refractivity contribution in [2.45, 2.75) is 314 Å². The average molecular weight is 1190 g/mol. The highest BCUT2D eigenvalue weighted by molar-refractivity contribution is 5.74. The van der Waals surface area contributed by atoms with Crippen molar-refractivity contribution in [1.29, 1.82) is 0 Å². The van der Waals surface area contributed by atoms with Crippen molar-refractivity contribution >= 4 is 23.9 Å². The number of hydrogen-bond acceptors (Lipinski definition) is 11. The second kappa shape index (κ2) is 59.7. The van der Waals surface area contributed by atoms with E-state index in [2.05, 4.69) is 112 Å². The second-order valence-electron chi connectivity index (χ2n) is 22.7. The van der Waals surface area contributed by atoms with Crippen molar-refractivity contribution in [2.24, 2.45) is 0 Å². The lowest BCUT2D eigenvalue weighted by Gasteiger charge is -2.40. The molecule has 0 aromatic carbocycles. The molecule has 0 spiro atoms. The second-order valence-corrected chi connectivity index (χ2v) is 22.7. The van der Waals surface area contributed by atoms with E-state index < -0.39 is 67.3 Å². The first-order valence-electron chi connectivity index (χ1n) is 33.9. The van der Waals surface area contributed by atoms with Gasteiger partial charge in [0.25, 0.3) is 0 Å². The third kappa shape index (κ3) is 49.1. The predicted octanol–water partition coefficient (Wildman–Crippen LogP) is 18.6. The summed E-state index contributed by atoms with van der Waals surface area (Å²) in [4.78, 5) is 51.4. The molecule has 0 saturated carbocycles. The lowest BCUT2D eigenvalue weighted by Crippen LogP contribution is -2.61. The SMILES string of the molecule is CC/C=C\C/C=C\C/C=C\C/C=C\C/C=C\C/C=C\CCC(=O)OC1C(OCC(COC(=O)CCCCCCCCCCCCCCCCCCCCC)OC(=O)CCCCCCCCC/C=C\C/C=C\C/C=C\CC)OC(C(=O)O)C(O)C1O. The van der Waals surface area contributed by atoms with E-state index in [1.165, 1.54) is 96.3 Å². The van der Waals surface area contributed by atoms with E-state index >= 15 is 0 Å². The van der Waals surface area contributed by atoms with Gasteiger partial charge in [-0.05, 0) is 89.9 Å². The van der Waals surface area contributed by atoms with Crippen LogP contribution < -0.4 is 0 Å². The van der Waals surface area contributed by atoms with E-state index in [4.69, 9.17) is 23.7 Å². The molecule has 484 valence electrons. The van der Waals surface area contributed by atoms with E-state index in [0.717, 1.165) is 116 Å². The lowest BCUT2D eigenvalue weighted by molar-refractivity contribution is -0.301. The fraction of sp³-hybridized carbons (Fsp3) is 0.699. The van der Waals surface area contributed by atoms with Crippen LogP contribution in [0.4, 0.5) is 0 Å². The molecule has 6 atom stereocenters. The van der Waals surface area contributed by atoms with E-state index in [9.17, 15) is 34.5 Å². The minimum absolute atomic E-state index is 0.0695. The number of aliphatic hydroxyl groups is 2. The summed E-state index contributed by atoms with van der Waals surface area (Å²) >= 11 is 0. The number of aliphatic hydroxyl groups excluding tert-OH is 2. The minimum atomic E-state index is -1.94. The number of unbranched alkanes of at least 4 members (excludes halogenated alkanes) is 25. The van der Waals surface area contributed by atoms with Gasteiger partial charge in [-0.25, -0.2) is 4.79 Å². The van der Waals surface area contributed by atoms with Gasteiger partial charge in [0.1, 0.15) is 18.8 Å². The van der Waals surface area contributed by atoms with Gasteiger partial charge in [0.05, 0.1) is 6.61 Å². The third-order valence-electron chi connectivity index (χ3n) is 14.9. The summed E-state index contributed by atoms with van der Waals surface area (Å²) in [5, 5.41) is 31.6. The van der Waals surface area contributed by atoms with Crippen LogP contribution in [0.15, 0.2) is 109 Å². The number of rotatable bonds is 57. The predicted molar refractivity (Wildman–Crippen MR) is 349 cm³/mol. The molecule has 0 aromatic heterocycles. The summed E-state index contributed by atoms with van der Waals surface area (Å²) in [5.74, 6) is -3.24. The van der Waals surface area contributed by atoms with Gasteiger partial charge in [-0.15, -0.1) is 0 Å². The smallest absolute Gasteiger partial charge is 0.335 e. The van der Waals surface area contributed by atoms with Crippen molar-refractivity contribution in [3.8, 4) is 0 Å². The zero-order valence-electron chi connectivity index (χ0n) is 53.6. The number of carboxylic acids is 1. The van der Waals surface area contributed by atoms with Gasteiger partial charge in [-0.2, -0.15) is 0 Å². The van der Waals surface area contributed by atoms with Crippen LogP contribution in [-0.4, -0.2) is 89.2 Å². The summed E-state index contributed by atoms with van der Waals surface area (Å²) in [5.41, 5.74) is 0.